The van der Waals surface area contributed by atoms with Gasteiger partial charge in [-0.3, -0.25) is 40.2 Å². The highest BCUT2D eigenvalue weighted by Gasteiger charge is 2.42. The molecule has 2 fully saturated rings. The number of non-ortho nitro benzene ring substituents is 2. The third-order valence-electron chi connectivity index (χ3n) is 6.96. The second kappa shape index (κ2) is 14.0. The number of ether oxygens (including phenoxy) is 2. The van der Waals surface area contributed by atoms with Gasteiger partial charge in [0.05, 0.1) is 15.9 Å². The molecule has 0 aliphatic carbocycles. The zero-order chi connectivity index (χ0) is 31.1. The monoisotopic (exact) mass is 614 g/mol. The van der Waals surface area contributed by atoms with Gasteiger partial charge in [-0.15, -0.1) is 0 Å². The summed E-state index contributed by atoms with van der Waals surface area (Å²) >= 11 is 4.47. The third kappa shape index (κ3) is 8.41. The SMILES string of the molecule is CC(=N[C@@H]1CCN(C(=O)[C@@H]2C[C@H](S)CN2C(=O)OCc2ccc([N+](=O)[O-])cc2)C1)NC(=O)OCc1ccc([N+](=O)[O-])cc1. The Morgan fingerprint density at radius 1 is 0.953 bits per heavy atom. The summed E-state index contributed by atoms with van der Waals surface area (Å²) in [4.78, 5) is 66.4. The van der Waals surface area contributed by atoms with E-state index in [1.54, 1.807) is 11.8 Å². The third-order valence-corrected chi connectivity index (χ3v) is 7.33. The van der Waals surface area contributed by atoms with Gasteiger partial charge in [-0.05, 0) is 55.2 Å². The molecule has 3 atom stereocenters. The molecule has 0 aromatic heterocycles. The van der Waals surface area contributed by atoms with Crippen LogP contribution in [0.4, 0.5) is 21.0 Å². The molecule has 16 heteroatoms. The fraction of sp³-hybridized carbons (Fsp3) is 0.407. The number of carbonyl (C=O) groups is 3. The van der Waals surface area contributed by atoms with Crippen molar-refractivity contribution in [3.05, 3.63) is 79.9 Å². The van der Waals surface area contributed by atoms with Crippen molar-refractivity contribution >= 4 is 47.9 Å². The van der Waals surface area contributed by atoms with Gasteiger partial charge in [-0.25, -0.2) is 9.59 Å². The zero-order valence-corrected chi connectivity index (χ0v) is 24.1. The Kier molecular flexibility index (Phi) is 10.1. The fourth-order valence-corrected chi connectivity index (χ4v) is 5.18. The van der Waals surface area contributed by atoms with Crippen LogP contribution in [-0.2, 0) is 27.5 Å². The van der Waals surface area contributed by atoms with Crippen molar-refractivity contribution in [2.24, 2.45) is 4.99 Å². The lowest BCUT2D eigenvalue weighted by Gasteiger charge is -2.27. The molecule has 0 spiro atoms. The van der Waals surface area contributed by atoms with Gasteiger partial charge in [0.15, 0.2) is 0 Å². The van der Waals surface area contributed by atoms with Crippen LogP contribution in [0.2, 0.25) is 0 Å². The summed E-state index contributed by atoms with van der Waals surface area (Å²) in [5.74, 6) is 0.0652. The molecule has 15 nitrogen and oxygen atoms in total. The average Bonchev–Trinajstić information content (AvgIpc) is 3.61. The minimum Gasteiger partial charge on any atom is -0.445 e. The van der Waals surface area contributed by atoms with Gasteiger partial charge in [-0.1, -0.05) is 0 Å². The van der Waals surface area contributed by atoms with Gasteiger partial charge in [0.25, 0.3) is 11.4 Å². The largest absolute Gasteiger partial charge is 0.445 e. The normalized spacial score (nSPS) is 20.0. The van der Waals surface area contributed by atoms with Gasteiger partial charge in [0.1, 0.15) is 25.1 Å². The number of nitrogens with zero attached hydrogens (tertiary/aromatic N) is 5. The number of amides is 3. The van der Waals surface area contributed by atoms with Gasteiger partial charge >= 0.3 is 12.2 Å². The van der Waals surface area contributed by atoms with Crippen molar-refractivity contribution in [1.82, 2.24) is 15.1 Å². The highest BCUT2D eigenvalue weighted by Crippen LogP contribution is 2.27. The number of carbonyl (C=O) groups excluding carboxylic acids is 3. The Labute approximate surface area is 251 Å². The number of thiol groups is 1. The van der Waals surface area contributed by atoms with Crippen molar-refractivity contribution in [2.75, 3.05) is 19.6 Å². The van der Waals surface area contributed by atoms with Crippen LogP contribution in [0, 0.1) is 20.2 Å². The van der Waals surface area contributed by atoms with Crippen molar-refractivity contribution in [3.63, 3.8) is 0 Å². The van der Waals surface area contributed by atoms with E-state index >= 15 is 0 Å². The molecule has 0 bridgehead atoms. The Bertz CT molecular complexity index is 1400. The fourth-order valence-electron chi connectivity index (χ4n) is 4.80. The zero-order valence-electron chi connectivity index (χ0n) is 23.2. The lowest BCUT2D eigenvalue weighted by atomic mass is 10.2. The van der Waals surface area contributed by atoms with Crippen molar-refractivity contribution in [1.29, 1.82) is 0 Å². The highest BCUT2D eigenvalue weighted by atomic mass is 32.1. The van der Waals surface area contributed by atoms with Crippen LogP contribution in [0.5, 0.6) is 0 Å². The maximum absolute atomic E-state index is 13.4. The molecular formula is C27H30N6O9S. The molecular weight excluding hydrogens is 584 g/mol. The quantitative estimate of drug-likeness (QED) is 0.148. The van der Waals surface area contributed by atoms with E-state index in [9.17, 15) is 34.6 Å². The minimum absolute atomic E-state index is 0.0639. The van der Waals surface area contributed by atoms with Gasteiger partial charge in [-0.2, -0.15) is 12.6 Å². The molecule has 2 saturated heterocycles. The lowest BCUT2D eigenvalue weighted by Crippen LogP contribution is -2.47. The molecule has 0 saturated carbocycles. The predicted molar refractivity (Wildman–Crippen MR) is 156 cm³/mol. The number of hydrogen-bond donors (Lipinski definition) is 2. The van der Waals surface area contributed by atoms with E-state index < -0.39 is 28.1 Å². The average molecular weight is 615 g/mol. The summed E-state index contributed by atoms with van der Waals surface area (Å²) in [7, 11) is 0. The van der Waals surface area contributed by atoms with Gasteiger partial charge in [0.2, 0.25) is 5.91 Å². The van der Waals surface area contributed by atoms with Crippen LogP contribution in [0.25, 0.3) is 0 Å². The molecule has 0 unspecified atom stereocenters. The molecule has 2 aromatic carbocycles. The molecule has 2 aliphatic rings. The number of rotatable bonds is 8. The van der Waals surface area contributed by atoms with Gasteiger partial charge < -0.3 is 14.4 Å². The number of nitro benzene ring substituents is 2. The van der Waals surface area contributed by atoms with Crippen LogP contribution in [-0.4, -0.2) is 80.5 Å². The van der Waals surface area contributed by atoms with E-state index in [0.717, 1.165) is 0 Å². The Hall–Kier alpha value is -4.73. The van der Waals surface area contributed by atoms with E-state index in [0.29, 0.717) is 42.9 Å². The van der Waals surface area contributed by atoms with Crippen LogP contribution >= 0.6 is 12.6 Å². The van der Waals surface area contributed by atoms with Crippen LogP contribution in [0.15, 0.2) is 53.5 Å². The number of benzene rings is 2. The number of likely N-dealkylation sites (tertiary alicyclic amines) is 2. The first-order chi connectivity index (χ1) is 20.5. The molecule has 2 aromatic rings. The summed E-state index contributed by atoms with van der Waals surface area (Å²) in [5.41, 5.74) is 1.02. The molecule has 228 valence electrons. The van der Waals surface area contributed by atoms with Crippen LogP contribution in [0.1, 0.15) is 30.9 Å². The lowest BCUT2D eigenvalue weighted by molar-refractivity contribution is -0.385. The number of nitro groups is 2. The topological polar surface area (TPSA) is 187 Å². The van der Waals surface area contributed by atoms with Crippen LogP contribution in [0.3, 0.4) is 0 Å². The van der Waals surface area contributed by atoms with E-state index in [4.69, 9.17) is 9.47 Å². The summed E-state index contributed by atoms with van der Waals surface area (Å²) in [6, 6.07) is 10.3. The number of alkyl carbamates (subject to hydrolysis) is 1. The first-order valence-electron chi connectivity index (χ1n) is 13.3. The molecule has 0 radical (unpaired) electrons. The summed E-state index contributed by atoms with van der Waals surface area (Å²) in [6.45, 7) is 2.37. The van der Waals surface area contributed by atoms with E-state index in [-0.39, 0.29) is 48.3 Å². The van der Waals surface area contributed by atoms with Crippen LogP contribution < -0.4 is 5.32 Å². The molecule has 2 heterocycles. The molecule has 43 heavy (non-hydrogen) atoms. The Morgan fingerprint density at radius 2 is 1.51 bits per heavy atom. The first kappa shape index (κ1) is 31.2. The number of amidine groups is 1. The predicted octanol–water partition coefficient (Wildman–Crippen LogP) is 3.46. The minimum atomic E-state index is -0.747. The summed E-state index contributed by atoms with van der Waals surface area (Å²) in [5, 5.41) is 23.9. The highest BCUT2D eigenvalue weighted by molar-refractivity contribution is 7.81. The number of aliphatic imine (C=N–C) groups is 1. The summed E-state index contributed by atoms with van der Waals surface area (Å²) in [6.07, 6.45) is -0.488. The second-order valence-electron chi connectivity index (χ2n) is 10.1. The smallest absolute Gasteiger partial charge is 0.412 e. The number of hydrogen-bond acceptors (Lipinski definition) is 11. The van der Waals surface area contributed by atoms with Gasteiger partial charge in [0, 0.05) is 49.1 Å². The Balaban J connectivity index is 1.25. The van der Waals surface area contributed by atoms with Crippen molar-refractivity contribution in [2.45, 2.75) is 50.3 Å². The standard InChI is InChI=1S/C27H30N6O9S/c1-17(29-26(35)41-15-18-2-6-21(7-3-18)32(37)38)28-20-10-11-30(13-20)25(34)24-12-23(43)14-31(24)27(36)42-16-19-4-8-22(9-5-19)33(39)40/h2-9,20,23-24,43H,10-16H2,1H3,(H,28,29,35)/t20-,23+,24+/m1/s1. The van der Waals surface area contributed by atoms with E-state index in [1.165, 1.54) is 53.4 Å². The van der Waals surface area contributed by atoms with Crippen molar-refractivity contribution < 1.29 is 33.7 Å². The molecule has 1 N–H and O–H groups in total. The molecule has 4 rings (SSSR count). The number of nitrogens with one attached hydrogen (secondary N) is 1. The van der Waals surface area contributed by atoms with Crippen molar-refractivity contribution in [3.8, 4) is 0 Å². The Morgan fingerprint density at radius 3 is 2.07 bits per heavy atom. The van der Waals surface area contributed by atoms with E-state index in [1.807, 2.05) is 0 Å². The summed E-state index contributed by atoms with van der Waals surface area (Å²) < 4.78 is 10.5. The maximum atomic E-state index is 13.4. The maximum Gasteiger partial charge on any atom is 0.412 e. The molecule has 2 aliphatic heterocycles. The van der Waals surface area contributed by atoms with E-state index in [2.05, 4.69) is 22.9 Å². The second-order valence-corrected chi connectivity index (χ2v) is 10.8. The first-order valence-corrected chi connectivity index (χ1v) is 13.9. The molecule has 3 amide bonds.